The molecule has 3 rings (SSSR count). The summed E-state index contributed by atoms with van der Waals surface area (Å²) in [6, 6.07) is 10.6. The van der Waals surface area contributed by atoms with Gasteiger partial charge in [0, 0.05) is 24.2 Å². The number of hydrogen-bond donors (Lipinski definition) is 2. The summed E-state index contributed by atoms with van der Waals surface area (Å²) in [7, 11) is 1.49. The molecule has 9 nitrogen and oxygen atoms in total. The van der Waals surface area contributed by atoms with Crippen molar-refractivity contribution in [3.63, 3.8) is 0 Å². The molecule has 150 valence electrons. The van der Waals surface area contributed by atoms with E-state index < -0.39 is 22.7 Å². The van der Waals surface area contributed by atoms with Gasteiger partial charge in [-0.15, -0.1) is 0 Å². The van der Waals surface area contributed by atoms with Crippen LogP contribution in [0.25, 0.3) is 5.76 Å². The number of carbonyl (C=O) groups is 2. The van der Waals surface area contributed by atoms with E-state index in [0.717, 1.165) is 4.90 Å². The minimum absolute atomic E-state index is 0.133. The summed E-state index contributed by atoms with van der Waals surface area (Å²) in [5, 5.41) is 31.0. The summed E-state index contributed by atoms with van der Waals surface area (Å²) in [4.78, 5) is 36.6. The first-order valence-electron chi connectivity index (χ1n) is 8.67. The van der Waals surface area contributed by atoms with Crippen LogP contribution in [-0.4, -0.2) is 52.0 Å². The Morgan fingerprint density at radius 3 is 2.28 bits per heavy atom. The van der Waals surface area contributed by atoms with Crippen molar-refractivity contribution >= 4 is 23.1 Å². The van der Waals surface area contributed by atoms with E-state index >= 15 is 0 Å². The minimum atomic E-state index is -0.981. The van der Waals surface area contributed by atoms with Crippen molar-refractivity contribution in [2.45, 2.75) is 6.04 Å². The molecule has 0 radical (unpaired) electrons. The Morgan fingerprint density at radius 1 is 1.14 bits per heavy atom. The number of aliphatic hydroxyl groups is 2. The monoisotopic (exact) mass is 398 g/mol. The van der Waals surface area contributed by atoms with Crippen LogP contribution >= 0.6 is 0 Å². The van der Waals surface area contributed by atoms with Crippen molar-refractivity contribution in [1.82, 2.24) is 4.90 Å². The zero-order chi connectivity index (χ0) is 21.1. The van der Waals surface area contributed by atoms with E-state index in [4.69, 9.17) is 4.74 Å². The van der Waals surface area contributed by atoms with Crippen molar-refractivity contribution < 1.29 is 29.5 Å². The Bertz CT molecular complexity index is 981. The largest absolute Gasteiger partial charge is 0.507 e. The first-order chi connectivity index (χ1) is 13.9. The van der Waals surface area contributed by atoms with Gasteiger partial charge in [-0.1, -0.05) is 0 Å². The molecular formula is C20H18N2O7. The number of likely N-dealkylation sites (tertiary alicyclic amines) is 1. The standard InChI is InChI=1S/C20H18N2O7/c1-29-15-8-4-13(5-9-15)18(24)16-17(21(10-11-23)20(26)19(16)25)12-2-6-14(7-3-12)22(27)28/h2-9,17,23-24H,10-11H2,1H3/b18-16+. The second kappa shape index (κ2) is 8.11. The fraction of sp³-hybridized carbons (Fsp3) is 0.200. The number of benzene rings is 2. The van der Waals surface area contributed by atoms with Crippen molar-refractivity contribution in [2.75, 3.05) is 20.3 Å². The lowest BCUT2D eigenvalue weighted by atomic mass is 9.95. The number of ether oxygens (including phenoxy) is 1. The molecule has 0 spiro atoms. The number of aliphatic hydroxyl groups excluding tert-OH is 2. The van der Waals surface area contributed by atoms with Gasteiger partial charge in [0.05, 0.1) is 30.3 Å². The molecule has 1 aliphatic heterocycles. The summed E-state index contributed by atoms with van der Waals surface area (Å²) < 4.78 is 5.07. The number of rotatable bonds is 6. The van der Waals surface area contributed by atoms with Crippen LogP contribution in [0.2, 0.25) is 0 Å². The van der Waals surface area contributed by atoms with Gasteiger partial charge in [0.1, 0.15) is 11.5 Å². The molecule has 2 aromatic carbocycles. The fourth-order valence-electron chi connectivity index (χ4n) is 3.25. The SMILES string of the molecule is COc1ccc(/C(O)=C2\C(=O)C(=O)N(CCO)C2c2ccc([N+](=O)[O-])cc2)cc1. The lowest BCUT2D eigenvalue weighted by Crippen LogP contribution is -2.32. The van der Waals surface area contributed by atoms with Gasteiger partial charge in [0.2, 0.25) is 0 Å². The molecule has 2 N–H and O–H groups in total. The molecule has 1 saturated heterocycles. The zero-order valence-corrected chi connectivity index (χ0v) is 15.4. The fourth-order valence-corrected chi connectivity index (χ4v) is 3.25. The van der Waals surface area contributed by atoms with E-state index in [2.05, 4.69) is 0 Å². The average Bonchev–Trinajstić information content (AvgIpc) is 2.98. The summed E-state index contributed by atoms with van der Waals surface area (Å²) in [6.07, 6.45) is 0. The molecule has 1 fully saturated rings. The predicted octanol–water partition coefficient (Wildman–Crippen LogP) is 2.02. The van der Waals surface area contributed by atoms with Crippen molar-refractivity contribution in [3.05, 3.63) is 75.3 Å². The third kappa shape index (κ3) is 3.67. The molecule has 0 aromatic heterocycles. The predicted molar refractivity (Wildman–Crippen MR) is 102 cm³/mol. The van der Waals surface area contributed by atoms with E-state index in [1.165, 1.54) is 31.4 Å². The molecule has 1 unspecified atom stereocenters. The van der Waals surface area contributed by atoms with Crippen LogP contribution in [0.3, 0.4) is 0 Å². The third-order valence-corrected chi connectivity index (χ3v) is 4.66. The maximum Gasteiger partial charge on any atom is 0.295 e. The van der Waals surface area contributed by atoms with Crippen molar-refractivity contribution in [3.8, 4) is 5.75 Å². The van der Waals surface area contributed by atoms with Gasteiger partial charge in [0.15, 0.2) is 0 Å². The average molecular weight is 398 g/mol. The van der Waals surface area contributed by atoms with E-state index in [-0.39, 0.29) is 30.2 Å². The number of nitro groups is 1. The molecule has 2 aromatic rings. The lowest BCUT2D eigenvalue weighted by molar-refractivity contribution is -0.384. The second-order valence-corrected chi connectivity index (χ2v) is 6.29. The number of methoxy groups -OCH3 is 1. The summed E-state index contributed by atoms with van der Waals surface area (Å²) >= 11 is 0. The molecule has 0 saturated carbocycles. The number of amides is 1. The van der Waals surface area contributed by atoms with E-state index in [1.807, 2.05) is 0 Å². The maximum absolute atomic E-state index is 12.7. The van der Waals surface area contributed by atoms with Crippen molar-refractivity contribution in [1.29, 1.82) is 0 Å². The Labute approximate surface area is 165 Å². The zero-order valence-electron chi connectivity index (χ0n) is 15.4. The van der Waals surface area contributed by atoms with Crippen LogP contribution in [0.5, 0.6) is 5.75 Å². The Kier molecular flexibility index (Phi) is 5.60. The molecule has 1 atom stereocenters. The van der Waals surface area contributed by atoms with Crippen LogP contribution in [-0.2, 0) is 9.59 Å². The van der Waals surface area contributed by atoms with Gasteiger partial charge in [-0.3, -0.25) is 19.7 Å². The van der Waals surface area contributed by atoms with Gasteiger partial charge in [-0.25, -0.2) is 0 Å². The number of nitro benzene ring substituents is 1. The highest BCUT2D eigenvalue weighted by atomic mass is 16.6. The topological polar surface area (TPSA) is 130 Å². The molecule has 1 aliphatic rings. The number of β-amino-alcohol motifs (C(OH)–C–C–N with tert-alkyl or cyclic N) is 1. The highest BCUT2D eigenvalue weighted by Crippen LogP contribution is 2.39. The lowest BCUT2D eigenvalue weighted by Gasteiger charge is -2.24. The number of nitrogens with zero attached hydrogens (tertiary/aromatic N) is 2. The number of carbonyl (C=O) groups excluding carboxylic acids is 2. The van der Waals surface area contributed by atoms with Gasteiger partial charge >= 0.3 is 0 Å². The van der Waals surface area contributed by atoms with Gasteiger partial charge in [-0.2, -0.15) is 0 Å². The number of non-ortho nitro benzene ring substituents is 1. The highest BCUT2D eigenvalue weighted by Gasteiger charge is 2.45. The molecule has 29 heavy (non-hydrogen) atoms. The molecule has 0 aliphatic carbocycles. The Balaban J connectivity index is 2.14. The summed E-state index contributed by atoms with van der Waals surface area (Å²) in [5.74, 6) is -1.59. The van der Waals surface area contributed by atoms with E-state index in [1.54, 1.807) is 24.3 Å². The van der Waals surface area contributed by atoms with Crippen molar-refractivity contribution in [2.24, 2.45) is 0 Å². The first-order valence-corrected chi connectivity index (χ1v) is 8.67. The number of ketones is 1. The van der Waals surface area contributed by atoms with Gasteiger partial charge < -0.3 is 19.8 Å². The Morgan fingerprint density at radius 2 is 1.76 bits per heavy atom. The smallest absolute Gasteiger partial charge is 0.295 e. The van der Waals surface area contributed by atoms with Crippen LogP contribution in [0.1, 0.15) is 17.2 Å². The summed E-state index contributed by atoms with van der Waals surface area (Å²) in [5.41, 5.74) is 0.406. The maximum atomic E-state index is 12.7. The molecule has 9 heteroatoms. The first kappa shape index (κ1) is 20.0. The quantitative estimate of drug-likeness (QED) is 0.250. The summed E-state index contributed by atoms with van der Waals surface area (Å²) in [6.45, 7) is -0.523. The van der Waals surface area contributed by atoms with Gasteiger partial charge in [-0.05, 0) is 42.0 Å². The third-order valence-electron chi connectivity index (χ3n) is 4.66. The Hall–Kier alpha value is -3.72. The highest BCUT2D eigenvalue weighted by molar-refractivity contribution is 6.46. The normalized spacial score (nSPS) is 18.1. The van der Waals surface area contributed by atoms with Crippen LogP contribution in [0.15, 0.2) is 54.1 Å². The second-order valence-electron chi connectivity index (χ2n) is 6.29. The van der Waals surface area contributed by atoms with Crippen LogP contribution in [0.4, 0.5) is 5.69 Å². The van der Waals surface area contributed by atoms with Gasteiger partial charge in [0.25, 0.3) is 17.4 Å². The number of hydrogen-bond acceptors (Lipinski definition) is 7. The molecular weight excluding hydrogens is 380 g/mol. The van der Waals surface area contributed by atoms with Crippen LogP contribution < -0.4 is 4.74 Å². The number of Topliss-reactive ketones (excluding diaryl/α,β-unsaturated/α-hetero) is 1. The van der Waals surface area contributed by atoms with E-state index in [0.29, 0.717) is 16.9 Å². The minimum Gasteiger partial charge on any atom is -0.507 e. The van der Waals surface area contributed by atoms with Crippen LogP contribution in [0, 0.1) is 10.1 Å². The van der Waals surface area contributed by atoms with E-state index in [9.17, 15) is 29.9 Å². The molecule has 1 heterocycles. The molecule has 0 bridgehead atoms. The molecule has 1 amide bonds.